The van der Waals surface area contributed by atoms with Crippen LogP contribution in [-0.2, 0) is 11.8 Å². The minimum Gasteiger partial charge on any atom is -0.497 e. The number of hydrogen-bond acceptors (Lipinski definition) is 2. The van der Waals surface area contributed by atoms with Gasteiger partial charge in [-0.3, -0.25) is 0 Å². The van der Waals surface area contributed by atoms with E-state index >= 15 is 0 Å². The number of benzene rings is 2. The molecule has 0 saturated carbocycles. The summed E-state index contributed by atoms with van der Waals surface area (Å²) in [5.74, 6) is 0.516. The van der Waals surface area contributed by atoms with Gasteiger partial charge >= 0.3 is 0 Å². The summed E-state index contributed by atoms with van der Waals surface area (Å²) < 4.78 is 18.2. The molecule has 0 amide bonds. The van der Waals surface area contributed by atoms with Gasteiger partial charge in [0.05, 0.1) is 13.7 Å². The summed E-state index contributed by atoms with van der Waals surface area (Å²) in [6.45, 7) is 2.00. The van der Waals surface area contributed by atoms with E-state index in [0.29, 0.717) is 6.42 Å². The van der Waals surface area contributed by atoms with Gasteiger partial charge < -0.3 is 9.84 Å². The molecule has 2 rings (SSSR count). The fourth-order valence-electron chi connectivity index (χ4n) is 2.30. The van der Waals surface area contributed by atoms with Crippen molar-refractivity contribution in [3.63, 3.8) is 0 Å². The van der Waals surface area contributed by atoms with Gasteiger partial charge in [-0.15, -0.1) is 0 Å². The third-order valence-corrected chi connectivity index (χ3v) is 3.62. The molecule has 0 aliphatic rings. The van der Waals surface area contributed by atoms with Crippen LogP contribution in [0.5, 0.6) is 5.75 Å². The first-order valence-electron chi connectivity index (χ1n) is 6.57. The zero-order valence-electron chi connectivity index (χ0n) is 11.8. The Morgan fingerprint density at radius 3 is 2.45 bits per heavy atom. The second-order valence-corrected chi connectivity index (χ2v) is 5.25. The van der Waals surface area contributed by atoms with Gasteiger partial charge in [0.15, 0.2) is 0 Å². The second kappa shape index (κ2) is 6.06. The van der Waals surface area contributed by atoms with Gasteiger partial charge in [-0.25, -0.2) is 4.39 Å². The molecule has 0 spiro atoms. The third kappa shape index (κ3) is 3.17. The van der Waals surface area contributed by atoms with Crippen molar-refractivity contribution < 1.29 is 14.2 Å². The zero-order chi connectivity index (χ0) is 14.6. The average molecular weight is 274 g/mol. The van der Waals surface area contributed by atoms with Gasteiger partial charge in [-0.1, -0.05) is 31.2 Å². The minimum atomic E-state index is -0.424. The molecule has 1 atom stereocenters. The monoisotopic (exact) mass is 274 g/mol. The van der Waals surface area contributed by atoms with Crippen LogP contribution in [0.3, 0.4) is 0 Å². The molecule has 2 aromatic rings. The van der Waals surface area contributed by atoms with Crippen molar-refractivity contribution in [3.8, 4) is 5.75 Å². The fourth-order valence-corrected chi connectivity index (χ4v) is 2.30. The number of aliphatic hydroxyl groups is 1. The molecule has 1 N–H and O–H groups in total. The van der Waals surface area contributed by atoms with E-state index in [1.807, 2.05) is 31.2 Å². The van der Waals surface area contributed by atoms with E-state index in [1.165, 1.54) is 12.1 Å². The SMILES string of the molecule is COc1cccc(C(C)(CO)Cc2ccc(F)cc2)c1. The Bertz CT molecular complexity index is 565. The van der Waals surface area contributed by atoms with Crippen LogP contribution in [0.2, 0.25) is 0 Å². The van der Waals surface area contributed by atoms with E-state index in [0.717, 1.165) is 16.9 Å². The standard InChI is InChI=1S/C17H19FO2/c1-17(12-19,11-13-6-8-15(18)9-7-13)14-4-3-5-16(10-14)20-2/h3-10,19H,11-12H2,1-2H3. The van der Waals surface area contributed by atoms with E-state index in [-0.39, 0.29) is 12.4 Å². The Balaban J connectivity index is 2.30. The topological polar surface area (TPSA) is 29.5 Å². The van der Waals surface area contributed by atoms with Crippen LogP contribution in [0, 0.1) is 5.82 Å². The summed E-state index contributed by atoms with van der Waals surface area (Å²) >= 11 is 0. The first kappa shape index (κ1) is 14.5. The average Bonchev–Trinajstić information content (AvgIpc) is 2.49. The van der Waals surface area contributed by atoms with Crippen molar-refractivity contribution in [2.24, 2.45) is 0 Å². The van der Waals surface area contributed by atoms with Crippen LogP contribution in [0.1, 0.15) is 18.1 Å². The van der Waals surface area contributed by atoms with Crippen molar-refractivity contribution in [3.05, 3.63) is 65.5 Å². The molecule has 0 fully saturated rings. The third-order valence-electron chi connectivity index (χ3n) is 3.62. The highest BCUT2D eigenvalue weighted by molar-refractivity contribution is 5.35. The maximum Gasteiger partial charge on any atom is 0.123 e. The summed E-state index contributed by atoms with van der Waals surface area (Å²) in [5.41, 5.74) is 1.57. The number of halogens is 1. The van der Waals surface area contributed by atoms with Crippen molar-refractivity contribution in [2.45, 2.75) is 18.8 Å². The van der Waals surface area contributed by atoms with E-state index in [1.54, 1.807) is 19.2 Å². The molecular formula is C17H19FO2. The summed E-state index contributed by atoms with van der Waals surface area (Å²) in [4.78, 5) is 0. The fraction of sp³-hybridized carbons (Fsp3) is 0.294. The van der Waals surface area contributed by atoms with Crippen molar-refractivity contribution in [2.75, 3.05) is 13.7 Å². The normalized spacial score (nSPS) is 13.8. The number of rotatable bonds is 5. The van der Waals surface area contributed by atoms with Crippen molar-refractivity contribution in [1.29, 1.82) is 0 Å². The number of aliphatic hydroxyl groups excluding tert-OH is 1. The molecule has 0 aromatic heterocycles. The van der Waals surface area contributed by atoms with Crippen molar-refractivity contribution >= 4 is 0 Å². The van der Waals surface area contributed by atoms with Crippen molar-refractivity contribution in [1.82, 2.24) is 0 Å². The number of methoxy groups -OCH3 is 1. The smallest absolute Gasteiger partial charge is 0.123 e. The van der Waals surface area contributed by atoms with Crippen LogP contribution >= 0.6 is 0 Å². The first-order valence-corrected chi connectivity index (χ1v) is 6.57. The Labute approximate surface area is 118 Å². The highest BCUT2D eigenvalue weighted by atomic mass is 19.1. The molecule has 0 aliphatic carbocycles. The highest BCUT2D eigenvalue weighted by Gasteiger charge is 2.26. The molecule has 0 radical (unpaired) electrons. The summed E-state index contributed by atoms with van der Waals surface area (Å²) in [6.07, 6.45) is 0.636. The van der Waals surface area contributed by atoms with Gasteiger partial charge in [0.25, 0.3) is 0 Å². The summed E-state index contributed by atoms with van der Waals surface area (Å²) in [7, 11) is 1.62. The zero-order valence-corrected chi connectivity index (χ0v) is 11.8. The highest BCUT2D eigenvalue weighted by Crippen LogP contribution is 2.30. The van der Waals surface area contributed by atoms with E-state index in [9.17, 15) is 9.50 Å². The van der Waals surface area contributed by atoms with Gasteiger partial charge in [0.2, 0.25) is 0 Å². The van der Waals surface area contributed by atoms with Gasteiger partial charge in [0, 0.05) is 5.41 Å². The van der Waals surface area contributed by atoms with Crippen LogP contribution < -0.4 is 4.74 Å². The molecule has 106 valence electrons. The largest absolute Gasteiger partial charge is 0.497 e. The van der Waals surface area contributed by atoms with E-state index in [4.69, 9.17) is 4.74 Å². The number of ether oxygens (including phenoxy) is 1. The van der Waals surface area contributed by atoms with Crippen LogP contribution in [0.4, 0.5) is 4.39 Å². The Morgan fingerprint density at radius 2 is 1.85 bits per heavy atom. The summed E-state index contributed by atoms with van der Waals surface area (Å²) in [6, 6.07) is 14.1. The maximum absolute atomic E-state index is 13.0. The Morgan fingerprint density at radius 1 is 1.15 bits per heavy atom. The van der Waals surface area contributed by atoms with Gasteiger partial charge in [0.1, 0.15) is 11.6 Å². The molecule has 0 bridgehead atoms. The lowest BCUT2D eigenvalue weighted by molar-refractivity contribution is 0.204. The molecule has 0 aliphatic heterocycles. The van der Waals surface area contributed by atoms with E-state index in [2.05, 4.69) is 0 Å². The minimum absolute atomic E-state index is 0.0115. The Kier molecular flexibility index (Phi) is 4.40. The molecule has 0 saturated heterocycles. The lowest BCUT2D eigenvalue weighted by Gasteiger charge is -2.28. The lowest BCUT2D eigenvalue weighted by atomic mass is 9.78. The van der Waals surface area contributed by atoms with Gasteiger partial charge in [-0.2, -0.15) is 0 Å². The Hall–Kier alpha value is -1.87. The lowest BCUT2D eigenvalue weighted by Crippen LogP contribution is -2.29. The predicted octanol–water partition coefficient (Wildman–Crippen LogP) is 3.33. The molecule has 2 nitrogen and oxygen atoms in total. The molecule has 1 unspecified atom stereocenters. The second-order valence-electron chi connectivity index (χ2n) is 5.25. The number of hydrogen-bond donors (Lipinski definition) is 1. The van der Waals surface area contributed by atoms with E-state index < -0.39 is 5.41 Å². The van der Waals surface area contributed by atoms with Gasteiger partial charge in [-0.05, 0) is 41.8 Å². The predicted molar refractivity (Wildman–Crippen MR) is 77.5 cm³/mol. The van der Waals surface area contributed by atoms with Crippen LogP contribution in [-0.4, -0.2) is 18.8 Å². The van der Waals surface area contributed by atoms with Crippen LogP contribution in [0.15, 0.2) is 48.5 Å². The van der Waals surface area contributed by atoms with Crippen LogP contribution in [0.25, 0.3) is 0 Å². The molecule has 3 heteroatoms. The molecule has 20 heavy (non-hydrogen) atoms. The molecule has 0 heterocycles. The summed E-state index contributed by atoms with van der Waals surface area (Å²) in [5, 5.41) is 9.80. The maximum atomic E-state index is 13.0. The molecule has 2 aromatic carbocycles. The quantitative estimate of drug-likeness (QED) is 0.906. The first-order chi connectivity index (χ1) is 9.57. The molecular weight excluding hydrogens is 255 g/mol.